The van der Waals surface area contributed by atoms with Gasteiger partial charge in [-0.2, -0.15) is 0 Å². The maximum Gasteiger partial charge on any atom is 0.335 e. The van der Waals surface area contributed by atoms with Crippen LogP contribution in [0, 0.1) is 5.82 Å². The van der Waals surface area contributed by atoms with Gasteiger partial charge in [-0.1, -0.05) is 0 Å². The lowest BCUT2D eigenvalue weighted by atomic mass is 10.2. The number of hydrogen-bond donors (Lipinski definition) is 2. The van der Waals surface area contributed by atoms with Crippen LogP contribution in [0.2, 0.25) is 0 Å². The van der Waals surface area contributed by atoms with E-state index >= 15 is 0 Å². The molecule has 0 saturated carbocycles. The standard InChI is InChI=1S/C8H4BrFN3O2/c9-2-1-3(10)4(11)6-5(2)12-7(14)8(15)13-6/h1H,11H2,(H,13,15). The molecule has 0 fully saturated rings. The van der Waals surface area contributed by atoms with Crippen LogP contribution in [-0.2, 0) is 9.59 Å². The van der Waals surface area contributed by atoms with Crippen molar-refractivity contribution in [1.82, 2.24) is 5.32 Å². The smallest absolute Gasteiger partial charge is 0.335 e. The quantitative estimate of drug-likeness (QED) is 0.543. The summed E-state index contributed by atoms with van der Waals surface area (Å²) in [5.41, 5.74) is 5.32. The Morgan fingerprint density at radius 3 is 2.80 bits per heavy atom. The zero-order chi connectivity index (χ0) is 11.2. The molecule has 1 aromatic carbocycles. The van der Waals surface area contributed by atoms with Gasteiger partial charge in [0.1, 0.15) is 11.5 Å². The van der Waals surface area contributed by atoms with E-state index in [2.05, 4.69) is 26.6 Å². The minimum atomic E-state index is -0.936. The van der Waals surface area contributed by atoms with Crippen molar-refractivity contribution in [3.63, 3.8) is 0 Å². The highest BCUT2D eigenvalue weighted by molar-refractivity contribution is 9.10. The van der Waals surface area contributed by atoms with Crippen LogP contribution in [0.25, 0.3) is 0 Å². The van der Waals surface area contributed by atoms with Crippen molar-refractivity contribution < 1.29 is 14.0 Å². The van der Waals surface area contributed by atoms with Gasteiger partial charge in [0.2, 0.25) is 0 Å². The van der Waals surface area contributed by atoms with Crippen molar-refractivity contribution in [2.45, 2.75) is 0 Å². The molecule has 15 heavy (non-hydrogen) atoms. The molecule has 1 aromatic rings. The second-order valence-corrected chi connectivity index (χ2v) is 3.70. The zero-order valence-electron chi connectivity index (χ0n) is 7.17. The fourth-order valence-corrected chi connectivity index (χ4v) is 1.67. The van der Waals surface area contributed by atoms with E-state index in [0.29, 0.717) is 0 Å². The highest BCUT2D eigenvalue weighted by atomic mass is 79.9. The summed E-state index contributed by atoms with van der Waals surface area (Å²) in [6.07, 6.45) is 0. The van der Waals surface area contributed by atoms with Gasteiger partial charge in [-0.3, -0.25) is 9.59 Å². The molecule has 0 saturated heterocycles. The number of nitrogens with two attached hydrogens (primary N) is 1. The predicted molar refractivity (Wildman–Crippen MR) is 53.9 cm³/mol. The van der Waals surface area contributed by atoms with Crippen molar-refractivity contribution in [2.24, 2.45) is 0 Å². The Hall–Kier alpha value is -1.63. The van der Waals surface area contributed by atoms with Gasteiger partial charge < -0.3 is 11.1 Å². The van der Waals surface area contributed by atoms with Gasteiger partial charge >= 0.3 is 11.8 Å². The summed E-state index contributed by atoms with van der Waals surface area (Å²) in [6.45, 7) is 0. The normalized spacial score (nSPS) is 14.3. The maximum atomic E-state index is 13.2. The SMILES string of the molecule is Nc1c(F)cc(Br)c2c1NC(=O)C(=O)[N]2. The zero-order valence-corrected chi connectivity index (χ0v) is 8.76. The van der Waals surface area contributed by atoms with Crippen molar-refractivity contribution in [3.8, 4) is 0 Å². The highest BCUT2D eigenvalue weighted by Crippen LogP contribution is 2.39. The minimum Gasteiger partial charge on any atom is -0.395 e. The van der Waals surface area contributed by atoms with Gasteiger partial charge in [-0.05, 0) is 22.0 Å². The van der Waals surface area contributed by atoms with Crippen LogP contribution in [0.15, 0.2) is 10.5 Å². The number of benzene rings is 1. The average molecular weight is 273 g/mol. The summed E-state index contributed by atoms with van der Waals surface area (Å²) in [6, 6.07) is 1.09. The first-order valence-electron chi connectivity index (χ1n) is 3.85. The van der Waals surface area contributed by atoms with Gasteiger partial charge in [0.25, 0.3) is 0 Å². The molecule has 1 aliphatic rings. The first-order valence-corrected chi connectivity index (χ1v) is 4.64. The van der Waals surface area contributed by atoms with E-state index in [-0.39, 0.29) is 21.5 Å². The molecular formula is C8H4BrFN3O2. The molecule has 7 heteroatoms. The van der Waals surface area contributed by atoms with Crippen molar-refractivity contribution >= 4 is 44.8 Å². The number of carbonyl (C=O) groups is 2. The van der Waals surface area contributed by atoms with E-state index in [0.717, 1.165) is 6.07 Å². The minimum absolute atomic E-state index is 0.0199. The number of amides is 2. The third-order valence-corrected chi connectivity index (χ3v) is 2.49. The van der Waals surface area contributed by atoms with Gasteiger partial charge in [0, 0.05) is 4.47 Å². The Morgan fingerprint density at radius 1 is 1.47 bits per heavy atom. The van der Waals surface area contributed by atoms with E-state index in [9.17, 15) is 14.0 Å². The Morgan fingerprint density at radius 2 is 2.13 bits per heavy atom. The first-order chi connectivity index (χ1) is 7.00. The topological polar surface area (TPSA) is 86.3 Å². The molecular weight excluding hydrogens is 269 g/mol. The lowest BCUT2D eigenvalue weighted by Crippen LogP contribution is -2.34. The van der Waals surface area contributed by atoms with E-state index in [4.69, 9.17) is 5.73 Å². The molecule has 0 aliphatic carbocycles. The van der Waals surface area contributed by atoms with Crippen LogP contribution in [0.4, 0.5) is 21.5 Å². The molecule has 1 aliphatic heterocycles. The molecule has 0 aromatic heterocycles. The number of carbonyl (C=O) groups excluding carboxylic acids is 2. The Balaban J connectivity index is 2.66. The maximum absolute atomic E-state index is 13.2. The van der Waals surface area contributed by atoms with Crippen molar-refractivity contribution in [2.75, 3.05) is 11.1 Å². The number of nitrogens with zero attached hydrogens (tertiary/aromatic N) is 1. The van der Waals surface area contributed by atoms with E-state index in [1.807, 2.05) is 0 Å². The van der Waals surface area contributed by atoms with Crippen LogP contribution in [0.5, 0.6) is 0 Å². The van der Waals surface area contributed by atoms with Gasteiger partial charge in [-0.25, -0.2) is 9.71 Å². The monoisotopic (exact) mass is 272 g/mol. The second kappa shape index (κ2) is 3.20. The van der Waals surface area contributed by atoms with Crippen molar-refractivity contribution in [1.29, 1.82) is 0 Å². The summed E-state index contributed by atoms with van der Waals surface area (Å²) in [7, 11) is 0. The van der Waals surface area contributed by atoms with E-state index in [1.165, 1.54) is 0 Å². The average Bonchev–Trinajstić information content (AvgIpc) is 2.18. The fraction of sp³-hybridized carbons (Fsp3) is 0. The summed E-state index contributed by atoms with van der Waals surface area (Å²) in [5, 5.41) is 5.67. The molecule has 2 rings (SSSR count). The largest absolute Gasteiger partial charge is 0.395 e. The van der Waals surface area contributed by atoms with Gasteiger partial charge in [-0.15, -0.1) is 0 Å². The summed E-state index contributed by atoms with van der Waals surface area (Å²) < 4.78 is 13.4. The molecule has 2 amide bonds. The molecule has 1 radical (unpaired) electrons. The molecule has 0 atom stereocenters. The lowest BCUT2D eigenvalue weighted by Gasteiger charge is -2.18. The number of halogens is 2. The molecule has 0 spiro atoms. The van der Waals surface area contributed by atoms with Crippen LogP contribution >= 0.6 is 15.9 Å². The van der Waals surface area contributed by atoms with Gasteiger partial charge in [0.05, 0.1) is 11.4 Å². The van der Waals surface area contributed by atoms with E-state index in [1.54, 1.807) is 0 Å². The van der Waals surface area contributed by atoms with Gasteiger partial charge in [0.15, 0.2) is 0 Å². The Kier molecular flexibility index (Phi) is 2.11. The summed E-state index contributed by atoms with van der Waals surface area (Å²) in [4.78, 5) is 22.0. The van der Waals surface area contributed by atoms with Crippen LogP contribution in [0.1, 0.15) is 0 Å². The van der Waals surface area contributed by atoms with E-state index < -0.39 is 17.6 Å². The predicted octanol–water partition coefficient (Wildman–Crippen LogP) is 0.885. The molecule has 0 bridgehead atoms. The second-order valence-electron chi connectivity index (χ2n) is 2.85. The molecule has 0 unspecified atom stereocenters. The van der Waals surface area contributed by atoms with Crippen LogP contribution in [-0.4, -0.2) is 11.8 Å². The number of anilines is 2. The third-order valence-electron chi connectivity index (χ3n) is 1.89. The number of nitrogen functional groups attached to an aromatic ring is 1. The van der Waals surface area contributed by atoms with Crippen molar-refractivity contribution in [3.05, 3.63) is 16.4 Å². The summed E-state index contributed by atoms with van der Waals surface area (Å²) >= 11 is 3.02. The Bertz CT molecular complexity index is 489. The number of nitrogens with one attached hydrogen (secondary N) is 1. The Labute approximate surface area is 92.0 Å². The number of fused-ring (bicyclic) bond motifs is 1. The third kappa shape index (κ3) is 1.44. The number of hydrogen-bond acceptors (Lipinski definition) is 3. The lowest BCUT2D eigenvalue weighted by molar-refractivity contribution is -0.135. The number of rotatable bonds is 0. The molecule has 5 nitrogen and oxygen atoms in total. The fourth-order valence-electron chi connectivity index (χ4n) is 1.18. The first kappa shape index (κ1) is 9.91. The molecule has 1 heterocycles. The molecule has 77 valence electrons. The van der Waals surface area contributed by atoms with Crippen LogP contribution < -0.4 is 16.4 Å². The van der Waals surface area contributed by atoms with Crippen LogP contribution in [0.3, 0.4) is 0 Å². The molecule has 3 N–H and O–H groups in total. The highest BCUT2D eigenvalue weighted by Gasteiger charge is 2.29. The summed E-state index contributed by atoms with van der Waals surface area (Å²) in [5.74, 6) is -2.55.